The molecule has 1 saturated heterocycles. The van der Waals surface area contributed by atoms with Crippen LogP contribution in [0.3, 0.4) is 0 Å². The molecule has 1 saturated carbocycles. The number of hydrogen-bond acceptors (Lipinski definition) is 3. The van der Waals surface area contributed by atoms with Crippen LogP contribution in [0.15, 0.2) is 0 Å². The lowest BCUT2D eigenvalue weighted by atomic mass is 10.00. The number of likely N-dealkylation sites (tertiary alicyclic amines) is 1. The smallest absolute Gasteiger partial charge is 0.308 e. The maximum absolute atomic E-state index is 12.0. The summed E-state index contributed by atoms with van der Waals surface area (Å²) in [7, 11) is 0. The van der Waals surface area contributed by atoms with Crippen LogP contribution in [0.25, 0.3) is 0 Å². The zero-order valence-corrected chi connectivity index (χ0v) is 10.0. The van der Waals surface area contributed by atoms with E-state index in [1.165, 1.54) is 4.90 Å². The van der Waals surface area contributed by atoms with Crippen molar-refractivity contribution in [1.29, 1.82) is 0 Å². The standard InChI is InChI=1S/C12H17NO4/c1-6-7(2)11(15)13(10(6)14)9-5-3-4-8(9)12(16)17/h6-9H,3-5H2,1-2H3,(H,16,17). The molecule has 0 radical (unpaired) electrons. The third-order valence-electron chi connectivity index (χ3n) is 4.13. The molecule has 2 rings (SSSR count). The first-order chi connectivity index (χ1) is 7.95. The fourth-order valence-corrected chi connectivity index (χ4v) is 2.84. The molecule has 0 spiro atoms. The molecule has 94 valence electrons. The predicted octanol–water partition coefficient (Wildman–Crippen LogP) is 0.881. The second-order valence-corrected chi connectivity index (χ2v) is 5.07. The van der Waals surface area contributed by atoms with Gasteiger partial charge in [0, 0.05) is 11.8 Å². The number of hydrogen-bond donors (Lipinski definition) is 1. The number of carboxylic acids is 1. The Kier molecular flexibility index (Phi) is 2.93. The van der Waals surface area contributed by atoms with Crippen molar-refractivity contribution in [1.82, 2.24) is 4.90 Å². The van der Waals surface area contributed by atoms with Crippen molar-refractivity contribution in [3.63, 3.8) is 0 Å². The van der Waals surface area contributed by atoms with Crippen LogP contribution in [0.2, 0.25) is 0 Å². The number of amides is 2. The van der Waals surface area contributed by atoms with Gasteiger partial charge in [0.15, 0.2) is 0 Å². The average molecular weight is 239 g/mol. The minimum Gasteiger partial charge on any atom is -0.481 e. The van der Waals surface area contributed by atoms with Crippen molar-refractivity contribution in [3.05, 3.63) is 0 Å². The molecule has 4 unspecified atom stereocenters. The van der Waals surface area contributed by atoms with Gasteiger partial charge in [-0.3, -0.25) is 19.3 Å². The molecule has 2 amide bonds. The van der Waals surface area contributed by atoms with E-state index in [1.54, 1.807) is 13.8 Å². The van der Waals surface area contributed by atoms with E-state index in [1.807, 2.05) is 0 Å². The van der Waals surface area contributed by atoms with Gasteiger partial charge in [-0.05, 0) is 12.8 Å². The first kappa shape index (κ1) is 12.1. The topological polar surface area (TPSA) is 74.7 Å². The molecular formula is C12H17NO4. The molecule has 1 heterocycles. The summed E-state index contributed by atoms with van der Waals surface area (Å²) >= 11 is 0. The van der Waals surface area contributed by atoms with Gasteiger partial charge in [-0.1, -0.05) is 20.3 Å². The first-order valence-electron chi connectivity index (χ1n) is 6.05. The third-order valence-corrected chi connectivity index (χ3v) is 4.13. The van der Waals surface area contributed by atoms with Crippen LogP contribution in [0.1, 0.15) is 33.1 Å². The summed E-state index contributed by atoms with van der Waals surface area (Å²) in [5.41, 5.74) is 0. The zero-order valence-electron chi connectivity index (χ0n) is 10.0. The van der Waals surface area contributed by atoms with Crippen molar-refractivity contribution in [2.75, 3.05) is 0 Å². The Labute approximate surface area is 99.8 Å². The molecule has 1 aliphatic heterocycles. The SMILES string of the molecule is CC1C(=O)N(C2CCCC2C(=O)O)C(=O)C1C. The van der Waals surface area contributed by atoms with Crippen molar-refractivity contribution < 1.29 is 19.5 Å². The van der Waals surface area contributed by atoms with Gasteiger partial charge in [0.1, 0.15) is 0 Å². The molecule has 2 fully saturated rings. The lowest BCUT2D eigenvalue weighted by Gasteiger charge is -2.26. The molecule has 0 aromatic rings. The monoisotopic (exact) mass is 239 g/mol. The Balaban J connectivity index is 2.25. The molecule has 0 bridgehead atoms. The Morgan fingerprint density at radius 2 is 1.71 bits per heavy atom. The van der Waals surface area contributed by atoms with Crippen LogP contribution in [-0.2, 0) is 14.4 Å². The van der Waals surface area contributed by atoms with Crippen LogP contribution in [0.5, 0.6) is 0 Å². The quantitative estimate of drug-likeness (QED) is 0.726. The molecule has 0 aromatic carbocycles. The van der Waals surface area contributed by atoms with E-state index in [2.05, 4.69) is 0 Å². The molecule has 5 nitrogen and oxygen atoms in total. The second-order valence-electron chi connectivity index (χ2n) is 5.07. The van der Waals surface area contributed by atoms with Gasteiger partial charge in [0.05, 0.1) is 12.0 Å². The number of aliphatic carboxylic acids is 1. The summed E-state index contributed by atoms with van der Waals surface area (Å²) in [6.45, 7) is 3.46. The highest BCUT2D eigenvalue weighted by Gasteiger charge is 2.49. The lowest BCUT2D eigenvalue weighted by Crippen LogP contribution is -2.44. The number of nitrogens with zero attached hydrogens (tertiary/aromatic N) is 1. The zero-order chi connectivity index (χ0) is 12.7. The second kappa shape index (κ2) is 4.13. The largest absolute Gasteiger partial charge is 0.481 e. The van der Waals surface area contributed by atoms with Crippen LogP contribution in [0.4, 0.5) is 0 Å². The number of carbonyl (C=O) groups excluding carboxylic acids is 2. The van der Waals surface area contributed by atoms with Crippen molar-refractivity contribution >= 4 is 17.8 Å². The molecule has 17 heavy (non-hydrogen) atoms. The third kappa shape index (κ3) is 1.73. The van der Waals surface area contributed by atoms with Gasteiger partial charge in [-0.15, -0.1) is 0 Å². The summed E-state index contributed by atoms with van der Waals surface area (Å²) in [5, 5.41) is 9.10. The number of imide groups is 1. The van der Waals surface area contributed by atoms with E-state index in [0.717, 1.165) is 6.42 Å². The van der Waals surface area contributed by atoms with Crippen molar-refractivity contribution in [3.8, 4) is 0 Å². The fraction of sp³-hybridized carbons (Fsp3) is 0.750. The lowest BCUT2D eigenvalue weighted by molar-refractivity contribution is -0.148. The van der Waals surface area contributed by atoms with E-state index in [0.29, 0.717) is 12.8 Å². The molecule has 1 aliphatic carbocycles. The Morgan fingerprint density at radius 3 is 2.18 bits per heavy atom. The maximum atomic E-state index is 12.0. The predicted molar refractivity (Wildman–Crippen MR) is 58.9 cm³/mol. The summed E-state index contributed by atoms with van der Waals surface area (Å²) in [5.74, 6) is -2.54. The van der Waals surface area contributed by atoms with E-state index in [9.17, 15) is 14.4 Å². The minimum absolute atomic E-state index is 0.208. The number of carboxylic acid groups (broad SMARTS) is 1. The highest BCUT2D eigenvalue weighted by Crippen LogP contribution is 2.36. The Hall–Kier alpha value is -1.39. The summed E-state index contributed by atoms with van der Waals surface area (Å²) in [4.78, 5) is 36.3. The van der Waals surface area contributed by atoms with Gasteiger partial charge in [0.25, 0.3) is 0 Å². The van der Waals surface area contributed by atoms with E-state index in [4.69, 9.17) is 5.11 Å². The summed E-state index contributed by atoms with van der Waals surface area (Å²) in [6, 6.07) is -0.431. The number of rotatable bonds is 2. The van der Waals surface area contributed by atoms with Crippen molar-refractivity contribution in [2.45, 2.75) is 39.2 Å². The van der Waals surface area contributed by atoms with Crippen LogP contribution >= 0.6 is 0 Å². The molecule has 0 aromatic heterocycles. The van der Waals surface area contributed by atoms with Gasteiger partial charge in [0.2, 0.25) is 11.8 Å². The normalized spacial score (nSPS) is 37.9. The number of carbonyl (C=O) groups is 3. The highest BCUT2D eigenvalue weighted by molar-refractivity contribution is 6.05. The molecule has 5 heteroatoms. The van der Waals surface area contributed by atoms with Crippen LogP contribution < -0.4 is 0 Å². The van der Waals surface area contributed by atoms with Crippen LogP contribution in [-0.4, -0.2) is 33.8 Å². The molecule has 2 aliphatic rings. The highest BCUT2D eigenvalue weighted by atomic mass is 16.4. The molecule has 4 atom stereocenters. The Morgan fingerprint density at radius 1 is 1.18 bits per heavy atom. The van der Waals surface area contributed by atoms with Gasteiger partial charge in [-0.2, -0.15) is 0 Å². The van der Waals surface area contributed by atoms with Gasteiger partial charge >= 0.3 is 5.97 Å². The fourth-order valence-electron chi connectivity index (χ4n) is 2.84. The van der Waals surface area contributed by atoms with E-state index >= 15 is 0 Å². The van der Waals surface area contributed by atoms with Gasteiger partial charge in [-0.25, -0.2) is 0 Å². The van der Waals surface area contributed by atoms with E-state index < -0.39 is 17.9 Å². The molecule has 1 N–H and O–H groups in total. The van der Waals surface area contributed by atoms with Crippen molar-refractivity contribution in [2.24, 2.45) is 17.8 Å². The molecular weight excluding hydrogens is 222 g/mol. The first-order valence-corrected chi connectivity index (χ1v) is 6.05. The Bertz CT molecular complexity index is 359. The summed E-state index contributed by atoms with van der Waals surface area (Å²) in [6.07, 6.45) is 1.94. The maximum Gasteiger partial charge on any atom is 0.308 e. The average Bonchev–Trinajstić information content (AvgIpc) is 2.81. The summed E-state index contributed by atoms with van der Waals surface area (Å²) < 4.78 is 0. The van der Waals surface area contributed by atoms with Gasteiger partial charge < -0.3 is 5.11 Å². The minimum atomic E-state index is -0.902. The van der Waals surface area contributed by atoms with E-state index in [-0.39, 0.29) is 23.7 Å². The van der Waals surface area contributed by atoms with Crippen LogP contribution in [0, 0.1) is 17.8 Å².